The van der Waals surface area contributed by atoms with E-state index in [2.05, 4.69) is 12.6 Å². The third-order valence-electron chi connectivity index (χ3n) is 0.696. The van der Waals surface area contributed by atoms with Gasteiger partial charge >= 0.3 is 5.97 Å². The average Bonchev–Trinajstić information content (AvgIpc) is 1.80. The number of hydrogen-bond donors (Lipinski definition) is 2. The van der Waals surface area contributed by atoms with Crippen molar-refractivity contribution in [1.82, 2.24) is 0 Å². The first-order valence-corrected chi connectivity index (χ1v) is 3.31. The molecule has 0 unspecified atom stereocenters. The third kappa shape index (κ3) is 7.78. The van der Waals surface area contributed by atoms with Crippen LogP contribution in [0.3, 0.4) is 0 Å². The van der Waals surface area contributed by atoms with Crippen molar-refractivity contribution in [2.24, 2.45) is 0 Å². The molecule has 0 aromatic heterocycles. The molecule has 0 rings (SSSR count). The smallest absolute Gasteiger partial charge is 0.305 e. The Morgan fingerprint density at radius 2 is 2.22 bits per heavy atom. The Hall–Kier alpha value is -0.220. The van der Waals surface area contributed by atoms with Gasteiger partial charge in [-0.15, -0.1) is 0 Å². The van der Waals surface area contributed by atoms with Crippen LogP contribution in [0, 0.1) is 0 Å². The lowest BCUT2D eigenvalue weighted by Gasteiger charge is -1.96. The molecule has 0 aliphatic rings. The van der Waals surface area contributed by atoms with Crippen LogP contribution in [0.25, 0.3) is 0 Å². The minimum atomic E-state index is -0.825. The van der Waals surface area contributed by atoms with Crippen LogP contribution in [0.15, 0.2) is 0 Å². The first-order chi connectivity index (χ1) is 4.27. The van der Waals surface area contributed by atoms with Crippen LogP contribution in [-0.4, -0.2) is 30.0 Å². The largest absolute Gasteiger partial charge is 0.481 e. The van der Waals surface area contributed by atoms with Crippen molar-refractivity contribution < 1.29 is 14.6 Å². The molecule has 0 aliphatic carbocycles. The van der Waals surface area contributed by atoms with E-state index < -0.39 is 5.97 Å². The number of hydrogen-bond acceptors (Lipinski definition) is 3. The van der Waals surface area contributed by atoms with E-state index in [0.717, 1.165) is 0 Å². The lowest BCUT2D eigenvalue weighted by molar-refractivity contribution is -0.138. The van der Waals surface area contributed by atoms with Crippen molar-refractivity contribution in [1.29, 1.82) is 0 Å². The highest BCUT2D eigenvalue weighted by Gasteiger charge is 1.93. The van der Waals surface area contributed by atoms with Crippen LogP contribution in [0.5, 0.6) is 0 Å². The molecule has 0 bridgehead atoms. The Kier molecular flexibility index (Phi) is 5.76. The molecular weight excluding hydrogens is 140 g/mol. The highest BCUT2D eigenvalue weighted by Crippen LogP contribution is 1.83. The Balaban J connectivity index is 2.83. The summed E-state index contributed by atoms with van der Waals surface area (Å²) in [6.07, 6.45) is 0.0772. The molecule has 0 radical (unpaired) electrons. The van der Waals surface area contributed by atoms with E-state index in [-0.39, 0.29) is 13.0 Å². The van der Waals surface area contributed by atoms with Gasteiger partial charge in [-0.05, 0) is 0 Å². The summed E-state index contributed by atoms with van der Waals surface area (Å²) in [7, 11) is 0. The Morgan fingerprint density at radius 3 is 2.67 bits per heavy atom. The summed E-state index contributed by atoms with van der Waals surface area (Å²) in [6.45, 7) is 0.812. The zero-order chi connectivity index (χ0) is 7.11. The summed E-state index contributed by atoms with van der Waals surface area (Å²) in [4.78, 5) is 9.86. The Morgan fingerprint density at radius 1 is 1.56 bits per heavy atom. The summed E-state index contributed by atoms with van der Waals surface area (Å²) < 4.78 is 4.84. The van der Waals surface area contributed by atoms with Crippen LogP contribution in [0.2, 0.25) is 0 Å². The van der Waals surface area contributed by atoms with E-state index >= 15 is 0 Å². The SMILES string of the molecule is O=C(O)CCOCCS. The van der Waals surface area contributed by atoms with Gasteiger partial charge in [-0.3, -0.25) is 4.79 Å². The molecule has 0 aromatic rings. The average molecular weight is 150 g/mol. The van der Waals surface area contributed by atoms with Crippen LogP contribution in [0.1, 0.15) is 6.42 Å². The molecule has 0 atom stereocenters. The fourth-order valence-corrected chi connectivity index (χ4v) is 0.455. The molecule has 0 fully saturated rings. The van der Waals surface area contributed by atoms with Crippen molar-refractivity contribution >= 4 is 18.6 Å². The molecule has 0 heterocycles. The van der Waals surface area contributed by atoms with E-state index in [1.54, 1.807) is 0 Å². The molecule has 3 nitrogen and oxygen atoms in total. The van der Waals surface area contributed by atoms with Gasteiger partial charge in [0, 0.05) is 5.75 Å². The minimum Gasteiger partial charge on any atom is -0.481 e. The Labute approximate surface area is 59.4 Å². The maximum absolute atomic E-state index is 9.86. The van der Waals surface area contributed by atoms with Crippen molar-refractivity contribution in [2.75, 3.05) is 19.0 Å². The molecule has 54 valence electrons. The molecule has 0 amide bonds. The Bertz CT molecular complexity index is 84.3. The van der Waals surface area contributed by atoms with Crippen molar-refractivity contribution in [3.05, 3.63) is 0 Å². The van der Waals surface area contributed by atoms with Gasteiger partial charge < -0.3 is 9.84 Å². The second kappa shape index (κ2) is 5.91. The molecule has 0 spiro atoms. The predicted octanol–water partition coefficient (Wildman–Crippen LogP) is 0.408. The van der Waals surface area contributed by atoms with E-state index in [1.165, 1.54) is 0 Å². The fraction of sp³-hybridized carbons (Fsp3) is 0.800. The molecule has 4 heteroatoms. The number of rotatable bonds is 5. The number of carboxylic acids is 1. The van der Waals surface area contributed by atoms with E-state index in [4.69, 9.17) is 9.84 Å². The monoisotopic (exact) mass is 150 g/mol. The zero-order valence-electron chi connectivity index (χ0n) is 5.04. The highest BCUT2D eigenvalue weighted by atomic mass is 32.1. The van der Waals surface area contributed by atoms with Crippen LogP contribution < -0.4 is 0 Å². The topological polar surface area (TPSA) is 46.5 Å². The van der Waals surface area contributed by atoms with Gasteiger partial charge in [-0.2, -0.15) is 12.6 Å². The molecule has 9 heavy (non-hydrogen) atoms. The normalized spacial score (nSPS) is 9.44. The molecule has 0 saturated heterocycles. The molecule has 0 aliphatic heterocycles. The van der Waals surface area contributed by atoms with E-state index in [1.807, 2.05) is 0 Å². The van der Waals surface area contributed by atoms with Crippen molar-refractivity contribution in [3.8, 4) is 0 Å². The first-order valence-electron chi connectivity index (χ1n) is 2.67. The fourth-order valence-electron chi connectivity index (χ4n) is 0.326. The van der Waals surface area contributed by atoms with Gasteiger partial charge in [0.25, 0.3) is 0 Å². The zero-order valence-corrected chi connectivity index (χ0v) is 5.93. The summed E-state index contributed by atoms with van der Waals surface area (Å²) in [6, 6.07) is 0. The van der Waals surface area contributed by atoms with Crippen LogP contribution in [0.4, 0.5) is 0 Å². The van der Waals surface area contributed by atoms with Gasteiger partial charge in [0.1, 0.15) is 0 Å². The van der Waals surface area contributed by atoms with E-state index in [0.29, 0.717) is 12.4 Å². The number of carbonyl (C=O) groups is 1. The predicted molar refractivity (Wildman–Crippen MR) is 36.9 cm³/mol. The maximum atomic E-state index is 9.86. The summed E-state index contributed by atoms with van der Waals surface area (Å²) in [5.41, 5.74) is 0. The van der Waals surface area contributed by atoms with Gasteiger partial charge in [0.15, 0.2) is 0 Å². The number of thiol groups is 1. The summed E-state index contributed by atoms with van der Waals surface area (Å²) in [5.74, 6) is -0.186. The maximum Gasteiger partial charge on any atom is 0.305 e. The lowest BCUT2D eigenvalue weighted by Crippen LogP contribution is -2.03. The van der Waals surface area contributed by atoms with Crippen molar-refractivity contribution in [2.45, 2.75) is 6.42 Å². The summed E-state index contributed by atoms with van der Waals surface area (Å²) >= 11 is 3.87. The van der Waals surface area contributed by atoms with Gasteiger partial charge in [0.05, 0.1) is 19.6 Å². The first kappa shape index (κ1) is 8.78. The van der Waals surface area contributed by atoms with Gasteiger partial charge in [-0.25, -0.2) is 0 Å². The van der Waals surface area contributed by atoms with E-state index in [9.17, 15) is 4.79 Å². The standard InChI is InChI=1S/C5H10O3S/c6-5(7)1-2-8-3-4-9/h9H,1-4H2,(H,6,7). The minimum absolute atomic E-state index is 0.0772. The van der Waals surface area contributed by atoms with Gasteiger partial charge in [-0.1, -0.05) is 0 Å². The quantitative estimate of drug-likeness (QED) is 0.440. The lowest BCUT2D eigenvalue weighted by atomic mass is 10.5. The second-order valence-corrected chi connectivity index (χ2v) is 1.93. The van der Waals surface area contributed by atoms with Crippen molar-refractivity contribution in [3.63, 3.8) is 0 Å². The molecule has 1 N–H and O–H groups in total. The third-order valence-corrected chi connectivity index (χ3v) is 0.878. The highest BCUT2D eigenvalue weighted by molar-refractivity contribution is 7.80. The molecule has 0 saturated carbocycles. The molecule has 0 aromatic carbocycles. The summed E-state index contributed by atoms with van der Waals surface area (Å²) in [5, 5.41) is 8.11. The number of aliphatic carboxylic acids is 1. The second-order valence-electron chi connectivity index (χ2n) is 1.48. The number of carboxylic acid groups (broad SMARTS) is 1. The van der Waals surface area contributed by atoms with Crippen LogP contribution >= 0.6 is 12.6 Å². The van der Waals surface area contributed by atoms with Crippen LogP contribution in [-0.2, 0) is 9.53 Å². The van der Waals surface area contributed by atoms with Gasteiger partial charge in [0.2, 0.25) is 0 Å². The number of ether oxygens (including phenoxy) is 1. The molecular formula is C5H10O3S.